The molecule has 1 atom stereocenters. The van der Waals surface area contributed by atoms with Crippen molar-refractivity contribution in [3.05, 3.63) is 18.0 Å². The molecular weight excluding hydrogens is 204 g/mol. The largest absolute Gasteiger partial charge is 0.374 e. The molecule has 0 aromatic carbocycles. The van der Waals surface area contributed by atoms with Crippen molar-refractivity contribution in [2.75, 3.05) is 26.2 Å². The Morgan fingerprint density at radius 1 is 1.62 bits per heavy atom. The minimum absolute atomic E-state index is 0.190. The summed E-state index contributed by atoms with van der Waals surface area (Å²) in [6, 6.07) is 0. The molecule has 1 fully saturated rings. The van der Waals surface area contributed by atoms with E-state index in [1.807, 2.05) is 10.9 Å². The zero-order valence-corrected chi connectivity index (χ0v) is 9.80. The molecular formula is C11H20N4O. The molecule has 1 aromatic heterocycles. The summed E-state index contributed by atoms with van der Waals surface area (Å²) in [6.07, 6.45) is 4.23. The van der Waals surface area contributed by atoms with Gasteiger partial charge in [0.15, 0.2) is 0 Å². The Kier molecular flexibility index (Phi) is 3.93. The lowest BCUT2D eigenvalue weighted by Gasteiger charge is -2.31. The average molecular weight is 224 g/mol. The van der Waals surface area contributed by atoms with Gasteiger partial charge < -0.3 is 10.5 Å². The summed E-state index contributed by atoms with van der Waals surface area (Å²) in [5.74, 6) is 0. The van der Waals surface area contributed by atoms with Crippen LogP contribution in [-0.2, 0) is 17.8 Å². The van der Waals surface area contributed by atoms with Gasteiger partial charge >= 0.3 is 0 Å². The third kappa shape index (κ3) is 2.81. The number of nitrogens with zero attached hydrogens (tertiary/aromatic N) is 3. The number of rotatable bonds is 4. The van der Waals surface area contributed by atoms with Crippen molar-refractivity contribution in [1.29, 1.82) is 0 Å². The van der Waals surface area contributed by atoms with E-state index in [1.54, 1.807) is 0 Å². The lowest BCUT2D eigenvalue weighted by atomic mass is 10.2. The van der Waals surface area contributed by atoms with Crippen LogP contribution in [-0.4, -0.2) is 47.0 Å². The number of hydrogen-bond donors (Lipinski definition) is 1. The Morgan fingerprint density at radius 3 is 3.19 bits per heavy atom. The van der Waals surface area contributed by atoms with E-state index in [-0.39, 0.29) is 6.10 Å². The monoisotopic (exact) mass is 224 g/mol. The first-order chi connectivity index (χ1) is 7.81. The second-order valence-corrected chi connectivity index (χ2v) is 4.17. The molecule has 2 N–H and O–H groups in total. The summed E-state index contributed by atoms with van der Waals surface area (Å²) < 4.78 is 7.49. The normalized spacial score (nSPS) is 22.5. The molecule has 5 heteroatoms. The van der Waals surface area contributed by atoms with Crippen LogP contribution in [0.25, 0.3) is 0 Å². The molecule has 0 radical (unpaired) electrons. The zero-order valence-electron chi connectivity index (χ0n) is 9.80. The van der Waals surface area contributed by atoms with Crippen LogP contribution in [0.15, 0.2) is 12.4 Å². The molecule has 1 aliphatic rings. The fraction of sp³-hybridized carbons (Fsp3) is 0.727. The molecule has 0 spiro atoms. The van der Waals surface area contributed by atoms with Crippen LogP contribution >= 0.6 is 0 Å². The quantitative estimate of drug-likeness (QED) is 0.786. The van der Waals surface area contributed by atoms with Crippen molar-refractivity contribution in [3.63, 3.8) is 0 Å². The number of hydrogen-bond acceptors (Lipinski definition) is 4. The van der Waals surface area contributed by atoms with Gasteiger partial charge in [-0.3, -0.25) is 9.58 Å². The summed E-state index contributed by atoms with van der Waals surface area (Å²) in [6.45, 7) is 7.25. The predicted octanol–water partition coefficient (Wildman–Crippen LogP) is 0.0625. The van der Waals surface area contributed by atoms with Crippen molar-refractivity contribution in [2.24, 2.45) is 5.73 Å². The van der Waals surface area contributed by atoms with Gasteiger partial charge in [-0.05, 0) is 6.92 Å². The van der Waals surface area contributed by atoms with Gasteiger partial charge in [0.05, 0.1) is 18.9 Å². The van der Waals surface area contributed by atoms with Gasteiger partial charge in [-0.1, -0.05) is 0 Å². The predicted molar refractivity (Wildman–Crippen MR) is 62.0 cm³/mol. The summed E-state index contributed by atoms with van der Waals surface area (Å²) in [5.41, 5.74) is 6.88. The van der Waals surface area contributed by atoms with E-state index in [0.717, 1.165) is 32.8 Å². The second kappa shape index (κ2) is 5.43. The number of aromatic nitrogens is 2. The molecule has 1 unspecified atom stereocenters. The number of nitrogens with two attached hydrogens (primary N) is 1. The molecule has 0 aliphatic carbocycles. The molecule has 0 saturated carbocycles. The Bertz CT molecular complexity index is 326. The van der Waals surface area contributed by atoms with Crippen molar-refractivity contribution >= 4 is 0 Å². The minimum Gasteiger partial charge on any atom is -0.374 e. The first-order valence-corrected chi connectivity index (χ1v) is 5.87. The molecule has 2 rings (SSSR count). The van der Waals surface area contributed by atoms with Gasteiger partial charge in [0.1, 0.15) is 0 Å². The van der Waals surface area contributed by atoms with E-state index in [4.69, 9.17) is 10.5 Å². The highest BCUT2D eigenvalue weighted by Crippen LogP contribution is 2.09. The highest BCUT2D eigenvalue weighted by Gasteiger charge is 2.19. The summed E-state index contributed by atoms with van der Waals surface area (Å²) in [4.78, 5) is 2.37. The van der Waals surface area contributed by atoms with Crippen LogP contribution in [0, 0.1) is 0 Å². The average Bonchev–Trinajstić information content (AvgIpc) is 2.77. The minimum atomic E-state index is 0.190. The highest BCUT2D eigenvalue weighted by molar-refractivity contribution is 5.03. The van der Waals surface area contributed by atoms with Gasteiger partial charge in [-0.2, -0.15) is 5.10 Å². The maximum atomic E-state index is 5.62. The molecule has 16 heavy (non-hydrogen) atoms. The molecule has 2 heterocycles. The van der Waals surface area contributed by atoms with Crippen LogP contribution in [0.3, 0.4) is 0 Å². The molecule has 90 valence electrons. The standard InChI is InChI=1S/C11H20N4O/c1-2-15-8-10(6-13-15)7-14-3-4-16-11(5-12)9-14/h6,8,11H,2-5,7,9,12H2,1H3. The number of aryl methyl sites for hydroxylation is 1. The third-order valence-corrected chi connectivity index (χ3v) is 2.90. The summed E-state index contributed by atoms with van der Waals surface area (Å²) >= 11 is 0. The second-order valence-electron chi connectivity index (χ2n) is 4.17. The van der Waals surface area contributed by atoms with Crippen LogP contribution in [0.1, 0.15) is 12.5 Å². The SMILES string of the molecule is CCn1cc(CN2CCOC(CN)C2)cn1. The van der Waals surface area contributed by atoms with Crippen molar-refractivity contribution in [3.8, 4) is 0 Å². The molecule has 0 bridgehead atoms. The Labute approximate surface area is 96.2 Å². The number of ether oxygens (including phenoxy) is 1. The van der Waals surface area contributed by atoms with Gasteiger partial charge in [-0.25, -0.2) is 0 Å². The zero-order chi connectivity index (χ0) is 11.4. The molecule has 1 aromatic rings. The van der Waals surface area contributed by atoms with Gasteiger partial charge in [-0.15, -0.1) is 0 Å². The lowest BCUT2D eigenvalue weighted by Crippen LogP contribution is -2.45. The third-order valence-electron chi connectivity index (χ3n) is 2.90. The lowest BCUT2D eigenvalue weighted by molar-refractivity contribution is -0.0260. The van der Waals surface area contributed by atoms with E-state index in [9.17, 15) is 0 Å². The topological polar surface area (TPSA) is 56.3 Å². The van der Waals surface area contributed by atoms with Crippen LogP contribution < -0.4 is 5.73 Å². The van der Waals surface area contributed by atoms with E-state index < -0.39 is 0 Å². The first-order valence-electron chi connectivity index (χ1n) is 5.87. The fourth-order valence-electron chi connectivity index (χ4n) is 1.99. The molecule has 0 amide bonds. The van der Waals surface area contributed by atoms with Crippen molar-refractivity contribution < 1.29 is 4.74 Å². The van der Waals surface area contributed by atoms with E-state index >= 15 is 0 Å². The van der Waals surface area contributed by atoms with Crippen LogP contribution in [0.2, 0.25) is 0 Å². The first kappa shape index (κ1) is 11.6. The van der Waals surface area contributed by atoms with Gasteiger partial charge in [0.2, 0.25) is 0 Å². The Morgan fingerprint density at radius 2 is 2.50 bits per heavy atom. The molecule has 1 aliphatic heterocycles. The van der Waals surface area contributed by atoms with E-state index in [0.29, 0.717) is 6.54 Å². The maximum absolute atomic E-state index is 5.62. The van der Waals surface area contributed by atoms with Crippen molar-refractivity contribution in [2.45, 2.75) is 26.1 Å². The van der Waals surface area contributed by atoms with E-state index in [2.05, 4.69) is 23.1 Å². The Hall–Kier alpha value is -0.910. The highest BCUT2D eigenvalue weighted by atomic mass is 16.5. The summed E-state index contributed by atoms with van der Waals surface area (Å²) in [5, 5.41) is 4.27. The molecule has 1 saturated heterocycles. The number of morpholine rings is 1. The van der Waals surface area contributed by atoms with Gasteiger partial charge in [0, 0.05) is 44.5 Å². The van der Waals surface area contributed by atoms with Crippen LogP contribution in [0.4, 0.5) is 0 Å². The summed E-state index contributed by atoms with van der Waals surface area (Å²) in [7, 11) is 0. The smallest absolute Gasteiger partial charge is 0.0824 e. The Balaban J connectivity index is 1.88. The van der Waals surface area contributed by atoms with E-state index in [1.165, 1.54) is 5.56 Å². The fourth-order valence-corrected chi connectivity index (χ4v) is 1.99. The van der Waals surface area contributed by atoms with Gasteiger partial charge in [0.25, 0.3) is 0 Å². The maximum Gasteiger partial charge on any atom is 0.0824 e. The van der Waals surface area contributed by atoms with Crippen LogP contribution in [0.5, 0.6) is 0 Å². The molecule has 5 nitrogen and oxygen atoms in total. The van der Waals surface area contributed by atoms with Crippen molar-refractivity contribution in [1.82, 2.24) is 14.7 Å².